The van der Waals surface area contributed by atoms with Gasteiger partial charge in [0.2, 0.25) is 0 Å². The van der Waals surface area contributed by atoms with Crippen LogP contribution in [0.4, 0.5) is 43.9 Å². The third-order valence-corrected chi connectivity index (χ3v) is 5.33. The second kappa shape index (κ2) is 10.2. The van der Waals surface area contributed by atoms with Gasteiger partial charge in [0.25, 0.3) is 0 Å². The zero-order chi connectivity index (χ0) is 26.9. The third kappa shape index (κ3) is 5.50. The van der Waals surface area contributed by atoms with Crippen LogP contribution in [0.1, 0.15) is 41.2 Å². The second-order valence-electron chi connectivity index (χ2n) is 7.95. The largest absolute Gasteiger partial charge is 0.422 e. The summed E-state index contributed by atoms with van der Waals surface area (Å²) < 4.78 is 138. The maximum Gasteiger partial charge on any atom is 0.422 e. The van der Waals surface area contributed by atoms with Gasteiger partial charge in [0.15, 0.2) is 11.7 Å². The highest BCUT2D eigenvalue weighted by Crippen LogP contribution is 2.40. The molecule has 0 N–H and O–H groups in total. The molecule has 0 bridgehead atoms. The summed E-state index contributed by atoms with van der Waals surface area (Å²) in [5, 5.41) is 0. The minimum Gasteiger partial charge on any atom is -0.211 e. The number of alkyl halides is 3. The molecule has 0 fully saturated rings. The first-order chi connectivity index (χ1) is 16.7. The first-order valence-electron chi connectivity index (χ1n) is 10.4. The summed E-state index contributed by atoms with van der Waals surface area (Å²) in [7, 11) is 0. The van der Waals surface area contributed by atoms with Crippen LogP contribution in [0.25, 0.3) is 5.83 Å². The lowest BCUT2D eigenvalue weighted by molar-refractivity contribution is -0.142. The Balaban J connectivity index is 1.96. The van der Waals surface area contributed by atoms with E-state index in [1.54, 1.807) is 19.9 Å². The molecule has 1 unspecified atom stereocenters. The lowest BCUT2D eigenvalue weighted by Gasteiger charge is -2.16. The lowest BCUT2D eigenvalue weighted by atomic mass is 9.93. The van der Waals surface area contributed by atoms with Crippen molar-refractivity contribution in [3.05, 3.63) is 98.7 Å². The van der Waals surface area contributed by atoms with Crippen LogP contribution in [0.3, 0.4) is 0 Å². The monoisotopic (exact) mass is 518 g/mol. The highest BCUT2D eigenvalue weighted by Gasteiger charge is 2.38. The van der Waals surface area contributed by atoms with E-state index < -0.39 is 76.0 Å². The summed E-state index contributed by atoms with van der Waals surface area (Å²) in [5.41, 5.74) is -3.92. The van der Waals surface area contributed by atoms with Crippen molar-refractivity contribution < 1.29 is 43.9 Å². The molecule has 1 aliphatic rings. The first-order valence-corrected chi connectivity index (χ1v) is 10.4. The summed E-state index contributed by atoms with van der Waals surface area (Å²) in [5.74, 6) is -8.79. The summed E-state index contributed by atoms with van der Waals surface area (Å²) in [6, 6.07) is 2.65. The summed E-state index contributed by atoms with van der Waals surface area (Å²) >= 11 is 0. The van der Waals surface area contributed by atoms with Gasteiger partial charge < -0.3 is 0 Å². The Labute approximate surface area is 199 Å². The maximum atomic E-state index is 14.6. The standard InChI is InChI=1S/C26H16F10/c1-3-14-6-12(2)7-17(27)16(14)5-4-13-8-18(28)22(19(29)9-13)25(33)24(32)15-10-20(30)23(21(31)11-15)26(34,35)36/h6-8,10-11,13H,3,9H2,1-2H3/b25-24+. The van der Waals surface area contributed by atoms with Crippen LogP contribution in [-0.4, -0.2) is 0 Å². The Bertz CT molecular complexity index is 1340. The van der Waals surface area contributed by atoms with Gasteiger partial charge >= 0.3 is 6.18 Å². The fourth-order valence-corrected chi connectivity index (χ4v) is 3.67. The van der Waals surface area contributed by atoms with Gasteiger partial charge in [-0.2, -0.15) is 13.2 Å². The molecule has 0 aliphatic heterocycles. The Kier molecular flexibility index (Phi) is 7.72. The number of halogens is 10. The van der Waals surface area contributed by atoms with Gasteiger partial charge in [-0.15, -0.1) is 0 Å². The minimum atomic E-state index is -5.45. The molecule has 0 nitrogen and oxygen atoms in total. The quantitative estimate of drug-likeness (QED) is 0.282. The van der Waals surface area contributed by atoms with Crippen molar-refractivity contribution in [2.75, 3.05) is 0 Å². The highest BCUT2D eigenvalue weighted by molar-refractivity contribution is 5.68. The molecule has 1 aliphatic carbocycles. The van der Waals surface area contributed by atoms with E-state index in [9.17, 15) is 43.9 Å². The number of benzene rings is 2. The van der Waals surface area contributed by atoms with Crippen molar-refractivity contribution in [2.24, 2.45) is 5.92 Å². The van der Waals surface area contributed by atoms with Crippen LogP contribution in [-0.2, 0) is 12.6 Å². The molecule has 2 aromatic carbocycles. The average molecular weight is 518 g/mol. The molecule has 0 spiro atoms. The Morgan fingerprint density at radius 1 is 0.917 bits per heavy atom. The van der Waals surface area contributed by atoms with Crippen LogP contribution in [0.5, 0.6) is 0 Å². The molecule has 0 amide bonds. The van der Waals surface area contributed by atoms with Gasteiger partial charge in [0.1, 0.15) is 34.7 Å². The van der Waals surface area contributed by atoms with Crippen molar-refractivity contribution >= 4 is 5.83 Å². The highest BCUT2D eigenvalue weighted by atomic mass is 19.4. The summed E-state index contributed by atoms with van der Waals surface area (Å²) in [6.07, 6.45) is -5.10. The van der Waals surface area contributed by atoms with Gasteiger partial charge in [-0.1, -0.05) is 24.8 Å². The molecule has 10 heteroatoms. The first kappa shape index (κ1) is 27.1. The average Bonchev–Trinajstić information content (AvgIpc) is 2.75. The van der Waals surface area contributed by atoms with Crippen LogP contribution >= 0.6 is 0 Å². The molecule has 36 heavy (non-hydrogen) atoms. The number of aryl methyl sites for hydroxylation is 2. The molecule has 3 rings (SSSR count). The molecule has 190 valence electrons. The topological polar surface area (TPSA) is 0 Å². The summed E-state index contributed by atoms with van der Waals surface area (Å²) in [4.78, 5) is 0. The Morgan fingerprint density at radius 3 is 2.06 bits per heavy atom. The number of allylic oxidation sites excluding steroid dienone is 5. The predicted molar refractivity (Wildman–Crippen MR) is 113 cm³/mol. The molecular weight excluding hydrogens is 502 g/mol. The Morgan fingerprint density at radius 2 is 1.53 bits per heavy atom. The van der Waals surface area contributed by atoms with Crippen molar-refractivity contribution in [1.29, 1.82) is 0 Å². The number of hydrogen-bond donors (Lipinski definition) is 0. The van der Waals surface area contributed by atoms with E-state index in [1.807, 2.05) is 0 Å². The van der Waals surface area contributed by atoms with Crippen molar-refractivity contribution in [1.82, 2.24) is 0 Å². The van der Waals surface area contributed by atoms with Crippen LogP contribution in [0.15, 0.2) is 53.4 Å². The molecule has 0 saturated heterocycles. The van der Waals surface area contributed by atoms with Gasteiger partial charge in [0.05, 0.1) is 11.1 Å². The smallest absolute Gasteiger partial charge is 0.211 e. The zero-order valence-corrected chi connectivity index (χ0v) is 18.7. The van der Waals surface area contributed by atoms with Gasteiger partial charge in [-0.3, -0.25) is 0 Å². The molecule has 0 aromatic heterocycles. The van der Waals surface area contributed by atoms with E-state index in [4.69, 9.17) is 0 Å². The van der Waals surface area contributed by atoms with E-state index >= 15 is 0 Å². The lowest BCUT2D eigenvalue weighted by Crippen LogP contribution is -2.12. The summed E-state index contributed by atoms with van der Waals surface area (Å²) in [6.45, 7) is 3.43. The SMILES string of the molecule is CCc1cc(C)cc(F)c1C#CC1C=C(F)C(/C(F)=C(\F)c2cc(F)c(C(F)(F)F)c(F)c2)=C(F)C1. The van der Waals surface area contributed by atoms with E-state index in [2.05, 4.69) is 11.8 Å². The Hall–Kier alpha value is -3.48. The van der Waals surface area contributed by atoms with Crippen LogP contribution < -0.4 is 0 Å². The third-order valence-electron chi connectivity index (χ3n) is 5.33. The second-order valence-corrected chi connectivity index (χ2v) is 7.95. The van der Waals surface area contributed by atoms with E-state index in [0.717, 1.165) is 0 Å². The number of rotatable bonds is 3. The fraction of sp³-hybridized carbons (Fsp3) is 0.231. The molecule has 0 saturated carbocycles. The van der Waals surface area contributed by atoms with Crippen LogP contribution in [0.2, 0.25) is 0 Å². The molecule has 1 atom stereocenters. The molecular formula is C26H16F10. The zero-order valence-electron chi connectivity index (χ0n) is 18.7. The number of hydrogen-bond acceptors (Lipinski definition) is 0. The van der Waals surface area contributed by atoms with Gasteiger partial charge in [-0.05, 0) is 48.7 Å². The molecule has 0 heterocycles. The molecule has 2 aromatic rings. The van der Waals surface area contributed by atoms with E-state index in [1.165, 1.54) is 6.07 Å². The normalized spacial score (nSPS) is 16.9. The van der Waals surface area contributed by atoms with Crippen LogP contribution in [0, 0.1) is 42.1 Å². The predicted octanol–water partition coefficient (Wildman–Crippen LogP) is 8.75. The van der Waals surface area contributed by atoms with E-state index in [0.29, 0.717) is 23.6 Å². The van der Waals surface area contributed by atoms with Gasteiger partial charge in [0, 0.05) is 17.9 Å². The maximum absolute atomic E-state index is 14.6. The van der Waals surface area contributed by atoms with Gasteiger partial charge in [-0.25, -0.2) is 30.7 Å². The van der Waals surface area contributed by atoms with Crippen molar-refractivity contribution in [3.63, 3.8) is 0 Å². The van der Waals surface area contributed by atoms with Crippen molar-refractivity contribution in [2.45, 2.75) is 32.9 Å². The van der Waals surface area contributed by atoms with Crippen molar-refractivity contribution in [3.8, 4) is 11.8 Å². The van der Waals surface area contributed by atoms with E-state index in [-0.39, 0.29) is 17.7 Å². The molecule has 0 radical (unpaired) electrons. The fourth-order valence-electron chi connectivity index (χ4n) is 3.67. The minimum absolute atomic E-state index is 0.0237.